The number of nitrogens with zero attached hydrogens (tertiary/aromatic N) is 5. The molecule has 0 radical (unpaired) electrons. The molecule has 0 bridgehead atoms. The van der Waals surface area contributed by atoms with Gasteiger partial charge in [0.2, 0.25) is 5.91 Å². The SMILES string of the molecule is O=C(CCN(CC1CCCO1)C(=O)c1cnccn1)N1CCN(C/C=C/c2ccccc2)CC1. The van der Waals surface area contributed by atoms with Crippen molar-refractivity contribution in [1.82, 2.24) is 24.7 Å². The van der Waals surface area contributed by atoms with E-state index in [0.717, 1.165) is 39.1 Å². The predicted octanol–water partition coefficient (Wildman–Crippen LogP) is 2.35. The first-order valence-corrected chi connectivity index (χ1v) is 12.1. The molecule has 2 fully saturated rings. The standard InChI is InChI=1S/C26H33N5O3/c32-25(30-17-15-29(16-18-30)13-4-8-22-6-2-1-3-7-22)10-14-31(21-23-9-5-19-34-23)26(33)24-20-27-11-12-28-24/h1-4,6-8,11-12,20,23H,5,9-10,13-19,21H2/b8-4+. The molecule has 34 heavy (non-hydrogen) atoms. The van der Waals surface area contributed by atoms with Crippen molar-refractivity contribution < 1.29 is 14.3 Å². The van der Waals surface area contributed by atoms with Crippen molar-refractivity contribution in [3.63, 3.8) is 0 Å². The summed E-state index contributed by atoms with van der Waals surface area (Å²) in [7, 11) is 0. The molecule has 0 aliphatic carbocycles. The average molecular weight is 464 g/mol. The number of rotatable bonds is 9. The fourth-order valence-electron chi connectivity index (χ4n) is 4.35. The summed E-state index contributed by atoms with van der Waals surface area (Å²) in [4.78, 5) is 40.0. The predicted molar refractivity (Wildman–Crippen MR) is 130 cm³/mol. The molecule has 1 atom stereocenters. The largest absolute Gasteiger partial charge is 0.376 e. The number of benzene rings is 1. The summed E-state index contributed by atoms with van der Waals surface area (Å²) in [5, 5.41) is 0. The van der Waals surface area contributed by atoms with Crippen LogP contribution < -0.4 is 0 Å². The second-order valence-corrected chi connectivity index (χ2v) is 8.72. The van der Waals surface area contributed by atoms with Crippen molar-refractivity contribution in [3.05, 3.63) is 66.3 Å². The highest BCUT2D eigenvalue weighted by Crippen LogP contribution is 2.15. The third-order valence-corrected chi connectivity index (χ3v) is 6.31. The number of ether oxygens (including phenoxy) is 1. The molecule has 8 heteroatoms. The number of hydrogen-bond acceptors (Lipinski definition) is 6. The molecule has 0 N–H and O–H groups in total. The molecule has 4 rings (SSSR count). The Hall–Kier alpha value is -3.10. The van der Waals surface area contributed by atoms with Crippen molar-refractivity contribution in [2.75, 3.05) is 52.4 Å². The van der Waals surface area contributed by atoms with Gasteiger partial charge in [0.05, 0.1) is 12.3 Å². The molecule has 1 unspecified atom stereocenters. The minimum atomic E-state index is -0.202. The van der Waals surface area contributed by atoms with Gasteiger partial charge in [-0.05, 0) is 18.4 Å². The zero-order chi connectivity index (χ0) is 23.6. The summed E-state index contributed by atoms with van der Waals surface area (Å²) in [6.07, 6.45) is 11.1. The molecule has 1 aromatic carbocycles. The molecule has 1 aromatic heterocycles. The molecule has 2 aliphatic rings. The van der Waals surface area contributed by atoms with E-state index in [-0.39, 0.29) is 17.9 Å². The van der Waals surface area contributed by atoms with Gasteiger partial charge in [-0.25, -0.2) is 4.98 Å². The third-order valence-electron chi connectivity index (χ3n) is 6.31. The van der Waals surface area contributed by atoms with Crippen LogP contribution in [-0.4, -0.2) is 95.0 Å². The number of amides is 2. The fourth-order valence-corrected chi connectivity index (χ4v) is 4.35. The Bertz CT molecular complexity index is 939. The van der Waals surface area contributed by atoms with Crippen LogP contribution in [0.3, 0.4) is 0 Å². The Balaban J connectivity index is 1.24. The lowest BCUT2D eigenvalue weighted by atomic mass is 10.2. The lowest BCUT2D eigenvalue weighted by Gasteiger charge is -2.34. The summed E-state index contributed by atoms with van der Waals surface area (Å²) < 4.78 is 5.73. The highest BCUT2D eigenvalue weighted by molar-refractivity contribution is 5.92. The van der Waals surface area contributed by atoms with Crippen LogP contribution in [-0.2, 0) is 9.53 Å². The molecule has 2 aromatic rings. The van der Waals surface area contributed by atoms with Crippen molar-refractivity contribution in [1.29, 1.82) is 0 Å². The molecule has 8 nitrogen and oxygen atoms in total. The third kappa shape index (κ3) is 6.95. The van der Waals surface area contributed by atoms with Gasteiger partial charge < -0.3 is 14.5 Å². The Kier molecular flexibility index (Phi) is 8.76. The number of piperazine rings is 1. The Labute approximate surface area is 201 Å². The molecular formula is C26H33N5O3. The molecule has 2 aliphatic heterocycles. The normalized spacial score (nSPS) is 18.9. The molecule has 0 saturated carbocycles. The Morgan fingerprint density at radius 3 is 2.65 bits per heavy atom. The van der Waals surface area contributed by atoms with Gasteiger partial charge in [-0.15, -0.1) is 0 Å². The maximum atomic E-state index is 13.0. The van der Waals surface area contributed by atoms with Gasteiger partial charge in [-0.3, -0.25) is 19.5 Å². The molecule has 0 spiro atoms. The number of carbonyl (C=O) groups excluding carboxylic acids is 2. The number of aromatic nitrogens is 2. The zero-order valence-corrected chi connectivity index (χ0v) is 19.6. The lowest BCUT2D eigenvalue weighted by molar-refractivity contribution is -0.133. The highest BCUT2D eigenvalue weighted by Gasteiger charge is 2.26. The first-order chi connectivity index (χ1) is 16.7. The van der Waals surface area contributed by atoms with Gasteiger partial charge in [0.15, 0.2) is 0 Å². The number of carbonyl (C=O) groups is 2. The molecule has 2 saturated heterocycles. The molecule has 2 amide bonds. The maximum Gasteiger partial charge on any atom is 0.274 e. The summed E-state index contributed by atoms with van der Waals surface area (Å²) in [5.74, 6) is -0.116. The van der Waals surface area contributed by atoms with Crippen molar-refractivity contribution in [2.24, 2.45) is 0 Å². The van der Waals surface area contributed by atoms with Crippen LogP contribution in [0, 0.1) is 0 Å². The van der Waals surface area contributed by atoms with E-state index in [0.29, 0.717) is 38.3 Å². The van der Waals surface area contributed by atoms with Gasteiger partial charge in [-0.1, -0.05) is 42.5 Å². The summed E-state index contributed by atoms with van der Waals surface area (Å²) in [5.41, 5.74) is 1.49. The van der Waals surface area contributed by atoms with Gasteiger partial charge in [0.25, 0.3) is 5.91 Å². The van der Waals surface area contributed by atoms with Crippen molar-refractivity contribution in [2.45, 2.75) is 25.4 Å². The van der Waals surface area contributed by atoms with Gasteiger partial charge in [0, 0.05) is 71.2 Å². The molecule has 180 valence electrons. The van der Waals surface area contributed by atoms with E-state index in [2.05, 4.69) is 39.2 Å². The van der Waals surface area contributed by atoms with Crippen molar-refractivity contribution >= 4 is 17.9 Å². The van der Waals surface area contributed by atoms with Crippen LogP contribution in [0.15, 0.2) is 55.0 Å². The van der Waals surface area contributed by atoms with Gasteiger partial charge >= 0.3 is 0 Å². The van der Waals surface area contributed by atoms with Crippen molar-refractivity contribution in [3.8, 4) is 0 Å². The fraction of sp³-hybridized carbons (Fsp3) is 0.462. The van der Waals surface area contributed by atoms with Crippen LogP contribution >= 0.6 is 0 Å². The Morgan fingerprint density at radius 2 is 1.94 bits per heavy atom. The summed E-state index contributed by atoms with van der Waals surface area (Å²) in [6, 6.07) is 10.3. The smallest absolute Gasteiger partial charge is 0.274 e. The molecular weight excluding hydrogens is 430 g/mol. The van der Waals surface area contributed by atoms with Crippen LogP contribution in [0.5, 0.6) is 0 Å². The highest BCUT2D eigenvalue weighted by atomic mass is 16.5. The van der Waals surface area contributed by atoms with E-state index < -0.39 is 0 Å². The maximum absolute atomic E-state index is 13.0. The van der Waals surface area contributed by atoms with E-state index in [9.17, 15) is 9.59 Å². The topological polar surface area (TPSA) is 78.9 Å². The quantitative estimate of drug-likeness (QED) is 0.568. The second-order valence-electron chi connectivity index (χ2n) is 8.72. The lowest BCUT2D eigenvalue weighted by Crippen LogP contribution is -2.49. The van der Waals surface area contributed by atoms with Gasteiger partial charge in [-0.2, -0.15) is 0 Å². The molecule has 3 heterocycles. The Morgan fingerprint density at radius 1 is 1.12 bits per heavy atom. The van der Waals surface area contributed by atoms with E-state index >= 15 is 0 Å². The van der Waals surface area contributed by atoms with E-state index in [4.69, 9.17) is 4.74 Å². The monoisotopic (exact) mass is 463 g/mol. The minimum Gasteiger partial charge on any atom is -0.376 e. The van der Waals surface area contributed by atoms with Crippen LogP contribution in [0.2, 0.25) is 0 Å². The first kappa shape index (κ1) is 24.0. The number of hydrogen-bond donors (Lipinski definition) is 0. The van der Waals surface area contributed by atoms with Crippen LogP contribution in [0.25, 0.3) is 6.08 Å². The van der Waals surface area contributed by atoms with E-state index in [1.807, 2.05) is 23.1 Å². The minimum absolute atomic E-state index is 0.0169. The second kappa shape index (κ2) is 12.4. The van der Waals surface area contributed by atoms with E-state index in [1.54, 1.807) is 11.1 Å². The summed E-state index contributed by atoms with van der Waals surface area (Å²) in [6.45, 7) is 5.55. The van der Waals surface area contributed by atoms with E-state index in [1.165, 1.54) is 18.0 Å². The van der Waals surface area contributed by atoms with Gasteiger partial charge in [0.1, 0.15) is 5.69 Å². The zero-order valence-electron chi connectivity index (χ0n) is 19.6. The van der Waals surface area contributed by atoms with Crippen LogP contribution in [0.4, 0.5) is 0 Å². The first-order valence-electron chi connectivity index (χ1n) is 12.1. The summed E-state index contributed by atoms with van der Waals surface area (Å²) >= 11 is 0. The average Bonchev–Trinajstić information content (AvgIpc) is 3.41. The van der Waals surface area contributed by atoms with Crippen LogP contribution in [0.1, 0.15) is 35.3 Å².